The number of hydrogen-bond donors (Lipinski definition) is 10. The summed E-state index contributed by atoms with van der Waals surface area (Å²) in [5.74, 6) is -3.98. The SMILES string of the molecule is CC1O[C@@H](OCC2C[C@@H](Oc3c(-c4ccc(O)c(O)c4)oc4cc(O)cc(O)c4c3=O)C(O)[C@H](O)[C@@H]2O)C(O)[C@@H](O)[C@H]1O. The molecule has 5 rings (SSSR count). The second-order valence-electron chi connectivity index (χ2n) is 10.8. The van der Waals surface area contributed by atoms with Gasteiger partial charge in [0, 0.05) is 23.6 Å². The molecule has 10 atom stereocenters. The fourth-order valence-corrected chi connectivity index (χ4v) is 5.31. The van der Waals surface area contributed by atoms with Gasteiger partial charge in [0.05, 0.1) is 18.8 Å². The number of fused-ring (bicyclic) bond motifs is 1. The molecule has 2 aromatic carbocycles. The van der Waals surface area contributed by atoms with Crippen LogP contribution in [-0.4, -0.2) is 113 Å². The van der Waals surface area contributed by atoms with Gasteiger partial charge in [0.25, 0.3) is 0 Å². The van der Waals surface area contributed by atoms with E-state index in [1.54, 1.807) is 0 Å². The summed E-state index contributed by atoms with van der Waals surface area (Å²) in [4.78, 5) is 13.6. The van der Waals surface area contributed by atoms with Crippen LogP contribution in [0.15, 0.2) is 39.5 Å². The first kappa shape index (κ1) is 30.8. The molecule has 1 aliphatic heterocycles. The van der Waals surface area contributed by atoms with Gasteiger partial charge in [0.15, 0.2) is 23.5 Å². The summed E-state index contributed by atoms with van der Waals surface area (Å²) < 4.78 is 22.7. The van der Waals surface area contributed by atoms with Crippen molar-refractivity contribution in [2.45, 2.75) is 68.5 Å². The highest BCUT2D eigenvalue weighted by atomic mass is 16.7. The van der Waals surface area contributed by atoms with Gasteiger partial charge in [-0.25, -0.2) is 0 Å². The van der Waals surface area contributed by atoms with E-state index in [-0.39, 0.29) is 35.3 Å². The third kappa shape index (κ3) is 5.69. The lowest BCUT2D eigenvalue weighted by Gasteiger charge is -2.42. The maximum Gasteiger partial charge on any atom is 0.239 e. The van der Waals surface area contributed by atoms with Crippen LogP contribution in [0.5, 0.6) is 28.7 Å². The highest BCUT2D eigenvalue weighted by molar-refractivity contribution is 5.88. The number of aliphatic hydroxyl groups excluding tert-OH is 6. The van der Waals surface area contributed by atoms with E-state index in [1.807, 2.05) is 0 Å². The molecule has 2 aliphatic rings. The van der Waals surface area contributed by atoms with Crippen molar-refractivity contribution >= 4 is 11.0 Å². The average Bonchev–Trinajstić information content (AvgIpc) is 2.96. The van der Waals surface area contributed by atoms with E-state index >= 15 is 0 Å². The van der Waals surface area contributed by atoms with Crippen molar-refractivity contribution in [3.05, 3.63) is 40.6 Å². The Hall–Kier alpha value is -3.67. The molecule has 4 unspecified atom stereocenters. The third-order valence-corrected chi connectivity index (χ3v) is 7.81. The zero-order valence-corrected chi connectivity index (χ0v) is 22.6. The molecule has 15 nitrogen and oxygen atoms in total. The number of phenolic OH excluding ortho intramolecular Hbond substituents is 4. The van der Waals surface area contributed by atoms with E-state index in [1.165, 1.54) is 13.0 Å². The van der Waals surface area contributed by atoms with Gasteiger partial charge in [-0.05, 0) is 31.5 Å². The number of phenols is 4. The second-order valence-corrected chi connectivity index (χ2v) is 10.8. The monoisotopic (exact) mass is 608 g/mol. The number of benzene rings is 2. The Morgan fingerprint density at radius 1 is 0.814 bits per heavy atom. The van der Waals surface area contributed by atoms with E-state index in [0.717, 1.165) is 24.3 Å². The van der Waals surface area contributed by atoms with E-state index in [9.17, 15) is 55.9 Å². The van der Waals surface area contributed by atoms with Crippen LogP contribution in [0.2, 0.25) is 0 Å². The Bertz CT molecular complexity index is 1540. The average molecular weight is 609 g/mol. The molecule has 3 aromatic rings. The molecule has 1 saturated heterocycles. The Morgan fingerprint density at radius 2 is 1.51 bits per heavy atom. The smallest absolute Gasteiger partial charge is 0.239 e. The van der Waals surface area contributed by atoms with Crippen LogP contribution < -0.4 is 10.2 Å². The van der Waals surface area contributed by atoms with Crippen LogP contribution in [0.25, 0.3) is 22.3 Å². The molecule has 1 aromatic heterocycles. The van der Waals surface area contributed by atoms with Gasteiger partial charge in [0.1, 0.15) is 59.1 Å². The molecular formula is C28H32O15. The summed E-state index contributed by atoms with van der Waals surface area (Å²) in [6.07, 6.45) is -13.6. The van der Waals surface area contributed by atoms with Gasteiger partial charge >= 0.3 is 0 Å². The Kier molecular flexibility index (Phi) is 8.43. The molecule has 0 bridgehead atoms. The zero-order valence-electron chi connectivity index (χ0n) is 22.6. The maximum absolute atomic E-state index is 13.6. The van der Waals surface area contributed by atoms with Gasteiger partial charge in [0.2, 0.25) is 11.2 Å². The molecule has 0 spiro atoms. The maximum atomic E-state index is 13.6. The second kappa shape index (κ2) is 11.8. The number of aromatic hydroxyl groups is 4. The molecule has 1 aliphatic carbocycles. The molecular weight excluding hydrogens is 576 g/mol. The number of rotatable bonds is 6. The van der Waals surface area contributed by atoms with Crippen molar-refractivity contribution in [1.82, 2.24) is 0 Å². The molecule has 15 heteroatoms. The zero-order chi connectivity index (χ0) is 31.3. The Balaban J connectivity index is 1.48. The predicted octanol–water partition coefficient (Wildman–Crippen LogP) is -1.02. The van der Waals surface area contributed by atoms with Crippen LogP contribution in [0, 0.1) is 5.92 Å². The highest BCUT2D eigenvalue weighted by Gasteiger charge is 2.47. The van der Waals surface area contributed by atoms with Crippen LogP contribution >= 0.6 is 0 Å². The lowest BCUT2D eigenvalue weighted by atomic mass is 9.81. The van der Waals surface area contributed by atoms with Crippen molar-refractivity contribution in [3.63, 3.8) is 0 Å². The van der Waals surface area contributed by atoms with Gasteiger partial charge in [-0.2, -0.15) is 0 Å². The first-order valence-electron chi connectivity index (χ1n) is 13.4. The molecule has 234 valence electrons. The minimum Gasteiger partial charge on any atom is -0.508 e. The molecule has 43 heavy (non-hydrogen) atoms. The Labute approximate surface area is 242 Å². The van der Waals surface area contributed by atoms with Crippen molar-refractivity contribution in [2.75, 3.05) is 6.61 Å². The topological polar surface area (TPSA) is 260 Å². The van der Waals surface area contributed by atoms with Crippen LogP contribution in [0.3, 0.4) is 0 Å². The Morgan fingerprint density at radius 3 is 2.21 bits per heavy atom. The van der Waals surface area contributed by atoms with E-state index in [0.29, 0.717) is 0 Å². The number of hydrogen-bond acceptors (Lipinski definition) is 15. The standard InChI is InChI=1S/C28H32O15/c1-9-19(33)23(37)25(39)28(41-9)40-8-11-5-17(21(35)24(38)20(11)34)43-27-22(36)18-15(32)6-12(29)7-16(18)42-26(27)10-2-3-13(30)14(31)4-10/h2-4,6-7,9,11,17,19-21,23-25,28-35,37-39H,5,8H2,1H3/t9?,11?,17-,19+,20-,21?,23+,24-,25?,28-/m1/s1. The van der Waals surface area contributed by atoms with Crippen molar-refractivity contribution in [2.24, 2.45) is 5.92 Å². The van der Waals surface area contributed by atoms with Crippen molar-refractivity contribution in [3.8, 4) is 40.1 Å². The number of aliphatic hydroxyl groups is 6. The molecule has 0 amide bonds. The fraction of sp³-hybridized carbons (Fsp3) is 0.464. The van der Waals surface area contributed by atoms with Gasteiger partial charge in [-0.1, -0.05) is 0 Å². The summed E-state index contributed by atoms with van der Waals surface area (Å²) in [7, 11) is 0. The van der Waals surface area contributed by atoms with E-state index < -0.39 is 95.2 Å². The highest BCUT2D eigenvalue weighted by Crippen LogP contribution is 2.40. The summed E-state index contributed by atoms with van der Waals surface area (Å²) in [6, 6.07) is 5.41. The minimum absolute atomic E-state index is 0.0243. The first-order chi connectivity index (χ1) is 20.3. The fourth-order valence-electron chi connectivity index (χ4n) is 5.31. The van der Waals surface area contributed by atoms with Gasteiger partial charge in [-0.15, -0.1) is 0 Å². The summed E-state index contributed by atoms with van der Waals surface area (Å²) in [6.45, 7) is 1.07. The van der Waals surface area contributed by atoms with Crippen LogP contribution in [-0.2, 0) is 9.47 Å². The molecule has 0 radical (unpaired) electrons. The normalized spacial score (nSPS) is 33.0. The largest absolute Gasteiger partial charge is 0.508 e. The molecule has 2 fully saturated rings. The summed E-state index contributed by atoms with van der Waals surface area (Å²) in [5, 5.41) is 102. The quantitative estimate of drug-likeness (QED) is 0.150. The lowest BCUT2D eigenvalue weighted by molar-refractivity contribution is -0.299. The lowest BCUT2D eigenvalue weighted by Crippen LogP contribution is -2.59. The summed E-state index contributed by atoms with van der Waals surface area (Å²) in [5.41, 5.74) is -1.17. The third-order valence-electron chi connectivity index (χ3n) is 7.81. The van der Waals surface area contributed by atoms with Gasteiger partial charge < -0.3 is 69.7 Å². The van der Waals surface area contributed by atoms with E-state index in [4.69, 9.17) is 18.6 Å². The van der Waals surface area contributed by atoms with Crippen LogP contribution in [0.4, 0.5) is 0 Å². The number of ether oxygens (including phenoxy) is 3. The predicted molar refractivity (Wildman–Crippen MR) is 143 cm³/mol. The molecule has 10 N–H and O–H groups in total. The first-order valence-corrected chi connectivity index (χ1v) is 13.4. The summed E-state index contributed by atoms with van der Waals surface area (Å²) >= 11 is 0. The molecule has 2 heterocycles. The van der Waals surface area contributed by atoms with Crippen LogP contribution in [0.1, 0.15) is 13.3 Å². The van der Waals surface area contributed by atoms with Crippen molar-refractivity contribution < 1.29 is 69.7 Å². The van der Waals surface area contributed by atoms with E-state index in [2.05, 4.69) is 0 Å². The minimum atomic E-state index is -1.80. The van der Waals surface area contributed by atoms with Crippen molar-refractivity contribution in [1.29, 1.82) is 0 Å². The van der Waals surface area contributed by atoms with Gasteiger partial charge in [-0.3, -0.25) is 4.79 Å². The molecule has 1 saturated carbocycles.